The lowest BCUT2D eigenvalue weighted by molar-refractivity contribution is 0.0929. The van der Waals surface area contributed by atoms with Gasteiger partial charge in [0, 0.05) is 18.7 Å². The van der Waals surface area contributed by atoms with Gasteiger partial charge in [-0.05, 0) is 31.6 Å². The average Bonchev–Trinajstić information content (AvgIpc) is 2.22. The number of nitrogens with two attached hydrogens (primary N) is 1. The van der Waals surface area contributed by atoms with Crippen molar-refractivity contribution in [1.29, 1.82) is 0 Å². The molecule has 0 bridgehead atoms. The first-order valence-corrected chi connectivity index (χ1v) is 6.43. The van der Waals surface area contributed by atoms with Gasteiger partial charge in [0.2, 0.25) is 0 Å². The maximum Gasteiger partial charge on any atom is 0.251 e. The molecule has 0 atom stereocenters. The molecule has 1 aromatic heterocycles. The maximum atomic E-state index is 12.0. The van der Waals surface area contributed by atoms with Crippen molar-refractivity contribution in [3.63, 3.8) is 0 Å². The van der Waals surface area contributed by atoms with Crippen LogP contribution in [-0.2, 0) is 0 Å². The predicted molar refractivity (Wildman–Crippen MR) is 78.3 cm³/mol. The Bertz CT molecular complexity index is 440. The summed E-state index contributed by atoms with van der Waals surface area (Å²) in [5.41, 5.74) is 5.98. The Morgan fingerprint density at radius 3 is 2.63 bits per heavy atom. The van der Waals surface area contributed by atoms with Crippen molar-refractivity contribution in [2.75, 3.05) is 32.9 Å². The van der Waals surface area contributed by atoms with Crippen LogP contribution in [0.15, 0.2) is 12.1 Å². The lowest BCUT2D eigenvalue weighted by Crippen LogP contribution is -2.40. The molecular weight excluding hydrogens is 264 g/mol. The topological polar surface area (TPSA) is 71.2 Å². The second kappa shape index (κ2) is 6.21. The summed E-state index contributed by atoms with van der Waals surface area (Å²) >= 11 is 5.78. The van der Waals surface area contributed by atoms with E-state index >= 15 is 0 Å². The summed E-state index contributed by atoms with van der Waals surface area (Å²) < 4.78 is 0. The summed E-state index contributed by atoms with van der Waals surface area (Å²) in [5.74, 6) is 0.0491. The average molecular weight is 285 g/mol. The first-order valence-electron chi connectivity index (χ1n) is 6.06. The van der Waals surface area contributed by atoms with Gasteiger partial charge in [-0.25, -0.2) is 4.98 Å². The van der Waals surface area contributed by atoms with Gasteiger partial charge in [0.25, 0.3) is 5.91 Å². The molecule has 0 aliphatic rings. The van der Waals surface area contributed by atoms with Crippen molar-refractivity contribution < 1.29 is 4.79 Å². The monoisotopic (exact) mass is 284 g/mol. The molecule has 1 heterocycles. The van der Waals surface area contributed by atoms with Gasteiger partial charge in [-0.1, -0.05) is 25.4 Å². The fourth-order valence-corrected chi connectivity index (χ4v) is 2.20. The molecule has 1 aromatic rings. The number of carbonyl (C=O) groups excluding carboxylic acids is 1. The molecule has 0 saturated carbocycles. The molecule has 0 spiro atoms. The minimum Gasteiger partial charge on any atom is -0.384 e. The van der Waals surface area contributed by atoms with Crippen molar-refractivity contribution in [2.24, 2.45) is 5.41 Å². The molecule has 6 heteroatoms. The highest BCUT2D eigenvalue weighted by atomic mass is 35.5. The minimum absolute atomic E-state index is 0.0124. The molecule has 5 nitrogen and oxygen atoms in total. The zero-order valence-corrected chi connectivity index (χ0v) is 12.6. The fraction of sp³-hybridized carbons (Fsp3) is 0.538. The van der Waals surface area contributed by atoms with Crippen molar-refractivity contribution >= 4 is 23.3 Å². The van der Waals surface area contributed by atoms with Gasteiger partial charge < -0.3 is 16.0 Å². The Hall–Kier alpha value is -1.33. The number of carbonyl (C=O) groups is 1. The normalized spacial score (nSPS) is 11.7. The van der Waals surface area contributed by atoms with Crippen LogP contribution < -0.4 is 11.1 Å². The lowest BCUT2D eigenvalue weighted by atomic mass is 9.93. The van der Waals surface area contributed by atoms with Gasteiger partial charge in [-0.3, -0.25) is 4.79 Å². The number of hydrogen-bond donors (Lipinski definition) is 2. The minimum atomic E-state index is -0.192. The van der Waals surface area contributed by atoms with Gasteiger partial charge in [0.05, 0.1) is 0 Å². The van der Waals surface area contributed by atoms with Crippen molar-refractivity contribution in [2.45, 2.75) is 13.8 Å². The van der Waals surface area contributed by atoms with E-state index in [0.29, 0.717) is 12.1 Å². The number of anilines is 1. The van der Waals surface area contributed by atoms with Crippen molar-refractivity contribution in [3.8, 4) is 0 Å². The Kier molecular flexibility index (Phi) is 5.14. The third kappa shape index (κ3) is 5.44. The van der Waals surface area contributed by atoms with Crippen molar-refractivity contribution in [3.05, 3.63) is 22.8 Å². The first kappa shape index (κ1) is 15.7. The van der Waals surface area contributed by atoms with Crippen LogP contribution in [0.1, 0.15) is 24.2 Å². The molecule has 19 heavy (non-hydrogen) atoms. The van der Waals surface area contributed by atoms with Crippen LogP contribution in [0.25, 0.3) is 0 Å². The number of nitrogen functional groups attached to an aromatic ring is 1. The molecule has 0 aromatic carbocycles. The zero-order valence-electron chi connectivity index (χ0n) is 11.8. The number of rotatable bonds is 5. The van der Waals surface area contributed by atoms with Crippen LogP contribution in [0, 0.1) is 5.41 Å². The molecule has 0 aliphatic heterocycles. The largest absolute Gasteiger partial charge is 0.384 e. The van der Waals surface area contributed by atoms with Gasteiger partial charge in [-0.15, -0.1) is 0 Å². The van der Waals surface area contributed by atoms with E-state index in [1.807, 2.05) is 14.1 Å². The van der Waals surface area contributed by atoms with Crippen LogP contribution in [0.3, 0.4) is 0 Å². The number of pyridine rings is 1. The van der Waals surface area contributed by atoms with Crippen LogP contribution in [-0.4, -0.2) is 43.0 Å². The van der Waals surface area contributed by atoms with E-state index in [9.17, 15) is 4.79 Å². The number of nitrogens with one attached hydrogen (secondary N) is 1. The smallest absolute Gasteiger partial charge is 0.251 e. The Morgan fingerprint density at radius 2 is 2.11 bits per heavy atom. The summed E-state index contributed by atoms with van der Waals surface area (Å²) in [7, 11) is 4.01. The zero-order chi connectivity index (χ0) is 14.6. The number of amides is 1. The van der Waals surface area contributed by atoms with Gasteiger partial charge >= 0.3 is 0 Å². The molecule has 1 amide bonds. The third-order valence-electron chi connectivity index (χ3n) is 2.55. The van der Waals surface area contributed by atoms with Crippen LogP contribution >= 0.6 is 11.6 Å². The standard InChI is InChI=1S/C13H21ClN4O/c1-13(2,8-18(3)4)7-16-12(19)9-5-10(14)17-11(15)6-9/h5-6H,7-8H2,1-4H3,(H2,15,17)(H,16,19). The van der Waals surface area contributed by atoms with Gasteiger partial charge in [0.1, 0.15) is 11.0 Å². The molecule has 106 valence electrons. The number of nitrogens with zero attached hydrogens (tertiary/aromatic N) is 2. The number of halogens is 1. The summed E-state index contributed by atoms with van der Waals surface area (Å²) in [6.07, 6.45) is 0. The second-order valence-electron chi connectivity index (χ2n) is 5.69. The van der Waals surface area contributed by atoms with Gasteiger partial charge in [-0.2, -0.15) is 0 Å². The summed E-state index contributed by atoms with van der Waals surface area (Å²) in [6, 6.07) is 3.02. The maximum absolute atomic E-state index is 12.0. The lowest BCUT2D eigenvalue weighted by Gasteiger charge is -2.28. The van der Waals surface area contributed by atoms with Crippen LogP contribution in [0.2, 0.25) is 5.15 Å². The fourth-order valence-electron chi connectivity index (χ4n) is 1.98. The number of hydrogen-bond acceptors (Lipinski definition) is 4. The molecule has 0 unspecified atom stereocenters. The van der Waals surface area contributed by atoms with Gasteiger partial charge in [0.15, 0.2) is 0 Å². The predicted octanol–water partition coefficient (Wildman–Crippen LogP) is 1.63. The first-order chi connectivity index (χ1) is 8.69. The SMILES string of the molecule is CN(C)CC(C)(C)CNC(=O)c1cc(N)nc(Cl)c1. The van der Waals surface area contributed by atoms with Crippen LogP contribution in [0.4, 0.5) is 5.82 Å². The quantitative estimate of drug-likeness (QED) is 0.806. The molecule has 0 fully saturated rings. The number of aromatic nitrogens is 1. The van der Waals surface area contributed by atoms with E-state index in [4.69, 9.17) is 17.3 Å². The summed E-state index contributed by atoms with van der Waals surface area (Å²) in [6.45, 7) is 5.65. The third-order valence-corrected chi connectivity index (χ3v) is 2.74. The molecule has 1 rings (SSSR count). The Balaban J connectivity index is 2.65. The molecular formula is C13H21ClN4O. The van der Waals surface area contributed by atoms with E-state index in [1.165, 1.54) is 12.1 Å². The summed E-state index contributed by atoms with van der Waals surface area (Å²) in [4.78, 5) is 17.9. The van der Waals surface area contributed by atoms with E-state index in [-0.39, 0.29) is 22.3 Å². The second-order valence-corrected chi connectivity index (χ2v) is 6.08. The molecule has 0 radical (unpaired) electrons. The van der Waals surface area contributed by atoms with E-state index in [2.05, 4.69) is 29.0 Å². The van der Waals surface area contributed by atoms with E-state index < -0.39 is 0 Å². The van der Waals surface area contributed by atoms with E-state index in [0.717, 1.165) is 6.54 Å². The summed E-state index contributed by atoms with van der Waals surface area (Å²) in [5, 5.41) is 3.11. The van der Waals surface area contributed by atoms with E-state index in [1.54, 1.807) is 0 Å². The molecule has 0 saturated heterocycles. The molecule has 0 aliphatic carbocycles. The highest BCUT2D eigenvalue weighted by Crippen LogP contribution is 2.16. The highest BCUT2D eigenvalue weighted by Gasteiger charge is 2.20. The highest BCUT2D eigenvalue weighted by molar-refractivity contribution is 6.29. The Labute approximate surface area is 119 Å². The Morgan fingerprint density at radius 1 is 1.47 bits per heavy atom. The molecule has 3 N–H and O–H groups in total. The van der Waals surface area contributed by atoms with Crippen LogP contribution in [0.5, 0.6) is 0 Å². The van der Waals surface area contributed by atoms with Crippen molar-refractivity contribution in [1.82, 2.24) is 15.2 Å².